The zero-order valence-electron chi connectivity index (χ0n) is 12.9. The number of benzene rings is 1. The van der Waals surface area contributed by atoms with E-state index in [2.05, 4.69) is 55.1 Å². The molecule has 2 rings (SSSR count). The Labute approximate surface area is 156 Å². The number of nitro benzene ring substituents is 1. The van der Waals surface area contributed by atoms with Crippen molar-refractivity contribution in [3.8, 4) is 6.07 Å². The van der Waals surface area contributed by atoms with Crippen molar-refractivity contribution in [1.29, 1.82) is 5.26 Å². The lowest BCUT2D eigenvalue weighted by Gasteiger charge is -2.28. The van der Waals surface area contributed by atoms with Crippen LogP contribution in [-0.2, 0) is 12.0 Å². The van der Waals surface area contributed by atoms with Crippen LogP contribution in [0.1, 0.15) is 31.7 Å². The molecule has 1 unspecified atom stereocenters. The number of hydrogen-bond donors (Lipinski definition) is 0. The van der Waals surface area contributed by atoms with Gasteiger partial charge >= 0.3 is 0 Å². The molecule has 0 amide bonds. The van der Waals surface area contributed by atoms with Crippen LogP contribution in [0.4, 0.5) is 5.69 Å². The predicted molar refractivity (Wildman–Crippen MR) is 95.3 cm³/mol. The Hall–Kier alpha value is -1.79. The van der Waals surface area contributed by atoms with Crippen LogP contribution in [0, 0.1) is 21.4 Å². The summed E-state index contributed by atoms with van der Waals surface area (Å²) in [5.74, 6) is 0. The molecular formula is C15H15Br2N5O2. The van der Waals surface area contributed by atoms with Gasteiger partial charge in [-0.25, -0.2) is 0 Å². The molecule has 0 spiro atoms. The summed E-state index contributed by atoms with van der Waals surface area (Å²) in [6, 6.07) is 6.95. The van der Waals surface area contributed by atoms with Gasteiger partial charge in [-0.3, -0.25) is 10.1 Å². The first-order valence-electron chi connectivity index (χ1n) is 7.32. The van der Waals surface area contributed by atoms with Gasteiger partial charge in [-0.1, -0.05) is 35.7 Å². The fraction of sp³-hybridized carbons (Fsp3) is 0.400. The molecule has 7 nitrogen and oxygen atoms in total. The van der Waals surface area contributed by atoms with Crippen LogP contribution in [0.3, 0.4) is 0 Å². The van der Waals surface area contributed by atoms with E-state index in [0.717, 1.165) is 18.4 Å². The number of nitro groups is 1. The molecule has 0 aliphatic rings. The Bertz CT molecular complexity index is 786. The second-order valence-electron chi connectivity index (χ2n) is 5.45. The highest BCUT2D eigenvalue weighted by molar-refractivity contribution is 9.10. The topological polar surface area (TPSA) is 97.6 Å². The van der Waals surface area contributed by atoms with Crippen LogP contribution < -0.4 is 0 Å². The molecule has 0 saturated heterocycles. The number of nitriles is 1. The molecule has 9 heteroatoms. The van der Waals surface area contributed by atoms with E-state index in [0.29, 0.717) is 22.2 Å². The lowest BCUT2D eigenvalue weighted by atomic mass is 9.77. The van der Waals surface area contributed by atoms with Gasteiger partial charge in [0.2, 0.25) is 0 Å². The summed E-state index contributed by atoms with van der Waals surface area (Å²) in [4.78, 5) is 10.5. The van der Waals surface area contributed by atoms with Crippen molar-refractivity contribution >= 4 is 37.5 Å². The Balaban J connectivity index is 2.51. The van der Waals surface area contributed by atoms with Gasteiger partial charge < -0.3 is 4.57 Å². The average Bonchev–Trinajstić information content (AvgIpc) is 2.96. The number of hydrogen-bond acceptors (Lipinski definition) is 5. The van der Waals surface area contributed by atoms with E-state index in [-0.39, 0.29) is 5.69 Å². The van der Waals surface area contributed by atoms with E-state index in [1.165, 1.54) is 12.1 Å². The molecule has 24 heavy (non-hydrogen) atoms. The first-order valence-corrected chi connectivity index (χ1v) is 8.91. The van der Waals surface area contributed by atoms with Crippen molar-refractivity contribution in [3.63, 3.8) is 0 Å². The van der Waals surface area contributed by atoms with Gasteiger partial charge in [0.25, 0.3) is 5.69 Å². The zero-order chi connectivity index (χ0) is 17.7. The van der Waals surface area contributed by atoms with Crippen LogP contribution >= 0.6 is 31.9 Å². The molecule has 0 aliphatic carbocycles. The normalized spacial score (nSPS) is 13.2. The number of nitrogens with zero attached hydrogens (tertiary/aromatic N) is 5. The fourth-order valence-electron chi connectivity index (χ4n) is 2.57. The second kappa shape index (κ2) is 7.85. The summed E-state index contributed by atoms with van der Waals surface area (Å²) < 4.78 is 2.85. The number of non-ortho nitro benzene ring substituents is 1. The Morgan fingerprint density at radius 2 is 2.21 bits per heavy atom. The molecular weight excluding hydrogens is 442 g/mol. The highest BCUT2D eigenvalue weighted by Gasteiger charge is 2.35. The summed E-state index contributed by atoms with van der Waals surface area (Å²) >= 11 is 6.72. The molecule has 1 aromatic carbocycles. The molecule has 1 heterocycles. The van der Waals surface area contributed by atoms with Gasteiger partial charge in [0, 0.05) is 23.2 Å². The van der Waals surface area contributed by atoms with Crippen LogP contribution in [-0.4, -0.2) is 19.7 Å². The van der Waals surface area contributed by atoms with Crippen LogP contribution in [0.15, 0.2) is 33.7 Å². The van der Waals surface area contributed by atoms with Gasteiger partial charge in [0.15, 0.2) is 4.73 Å². The molecule has 0 N–H and O–H groups in total. The molecule has 1 aromatic heterocycles. The SMILES string of the molecule is CCCCC(C#N)(Cn1cnnc1Br)c1ccc([N+](=O)[O-])cc1Br. The van der Waals surface area contributed by atoms with E-state index in [1.807, 2.05) is 0 Å². The molecule has 0 saturated carbocycles. The largest absolute Gasteiger partial charge is 0.306 e. The summed E-state index contributed by atoms with van der Waals surface area (Å²) in [6.45, 7) is 2.41. The molecule has 1 atom stereocenters. The van der Waals surface area contributed by atoms with Gasteiger partial charge in [-0.15, -0.1) is 10.2 Å². The van der Waals surface area contributed by atoms with E-state index in [1.54, 1.807) is 17.0 Å². The van der Waals surface area contributed by atoms with Crippen LogP contribution in [0.5, 0.6) is 0 Å². The van der Waals surface area contributed by atoms with Crippen molar-refractivity contribution in [2.45, 2.75) is 38.1 Å². The van der Waals surface area contributed by atoms with Crippen molar-refractivity contribution in [3.05, 3.63) is 49.4 Å². The molecule has 0 fully saturated rings. The predicted octanol–water partition coefficient (Wildman–Crippen LogP) is 4.36. The third-order valence-electron chi connectivity index (χ3n) is 3.86. The van der Waals surface area contributed by atoms with Crippen molar-refractivity contribution < 1.29 is 4.92 Å². The second-order valence-corrected chi connectivity index (χ2v) is 7.01. The molecule has 0 bridgehead atoms. The number of unbranched alkanes of at least 4 members (excludes halogenated alkanes) is 1. The van der Waals surface area contributed by atoms with E-state index < -0.39 is 10.3 Å². The third kappa shape index (κ3) is 3.82. The molecule has 0 aliphatic heterocycles. The maximum atomic E-state index is 10.9. The fourth-order valence-corrected chi connectivity index (χ4v) is 3.63. The van der Waals surface area contributed by atoms with Crippen LogP contribution in [0.2, 0.25) is 0 Å². The summed E-state index contributed by atoms with van der Waals surface area (Å²) in [7, 11) is 0. The Morgan fingerprint density at radius 1 is 1.46 bits per heavy atom. The lowest BCUT2D eigenvalue weighted by molar-refractivity contribution is -0.384. The van der Waals surface area contributed by atoms with E-state index >= 15 is 0 Å². The minimum Gasteiger partial charge on any atom is -0.306 e. The van der Waals surface area contributed by atoms with Crippen molar-refractivity contribution in [1.82, 2.24) is 14.8 Å². The van der Waals surface area contributed by atoms with Gasteiger partial charge in [0.05, 0.1) is 11.0 Å². The number of rotatable bonds is 7. The smallest absolute Gasteiger partial charge is 0.270 e. The zero-order valence-corrected chi connectivity index (χ0v) is 16.1. The van der Waals surface area contributed by atoms with E-state index in [9.17, 15) is 15.4 Å². The highest BCUT2D eigenvalue weighted by Crippen LogP contribution is 2.38. The molecule has 0 radical (unpaired) electrons. The first-order chi connectivity index (χ1) is 11.4. The maximum Gasteiger partial charge on any atom is 0.270 e. The summed E-state index contributed by atoms with van der Waals surface area (Å²) in [6.07, 6.45) is 3.98. The Morgan fingerprint density at radius 3 is 2.71 bits per heavy atom. The maximum absolute atomic E-state index is 10.9. The summed E-state index contributed by atoms with van der Waals surface area (Å²) in [5.41, 5.74) is -0.127. The van der Waals surface area contributed by atoms with Crippen LogP contribution in [0.25, 0.3) is 0 Å². The average molecular weight is 457 g/mol. The number of halogens is 2. The molecule has 2 aromatic rings. The summed E-state index contributed by atoms with van der Waals surface area (Å²) in [5, 5.41) is 28.6. The van der Waals surface area contributed by atoms with Crippen molar-refractivity contribution in [2.75, 3.05) is 0 Å². The number of aromatic nitrogens is 3. The highest BCUT2D eigenvalue weighted by atomic mass is 79.9. The minimum absolute atomic E-state index is 0.0153. The van der Waals surface area contributed by atoms with Gasteiger partial charge in [-0.2, -0.15) is 5.26 Å². The first kappa shape index (κ1) is 18.5. The monoisotopic (exact) mass is 455 g/mol. The van der Waals surface area contributed by atoms with Gasteiger partial charge in [0.1, 0.15) is 11.7 Å². The van der Waals surface area contributed by atoms with Crippen molar-refractivity contribution in [2.24, 2.45) is 0 Å². The van der Waals surface area contributed by atoms with Gasteiger partial charge in [-0.05, 0) is 34.0 Å². The van der Waals surface area contributed by atoms with E-state index in [4.69, 9.17) is 0 Å². The third-order valence-corrected chi connectivity index (χ3v) is 5.13. The Kier molecular flexibility index (Phi) is 6.07. The lowest BCUT2D eigenvalue weighted by Crippen LogP contribution is -2.30. The quantitative estimate of drug-likeness (QED) is 0.455. The standard InChI is InChI=1S/C15H15Br2N5O2/c1-2-3-6-15(8-18,9-21-10-19-20-14(21)17)12-5-4-11(22(23)24)7-13(12)16/h4-5,7,10H,2-3,6,9H2,1H3. The molecule has 126 valence electrons. The minimum atomic E-state index is -0.838.